The van der Waals surface area contributed by atoms with E-state index in [1.807, 2.05) is 24.3 Å². The molecule has 1 N–H and O–H groups in total. The van der Waals surface area contributed by atoms with Gasteiger partial charge in [-0.15, -0.1) is 11.8 Å². The zero-order valence-corrected chi connectivity index (χ0v) is 16.5. The van der Waals surface area contributed by atoms with Gasteiger partial charge in [0, 0.05) is 43.2 Å². The lowest BCUT2D eigenvalue weighted by Gasteiger charge is -2.29. The van der Waals surface area contributed by atoms with Crippen molar-refractivity contribution < 1.29 is 19.1 Å². The lowest BCUT2D eigenvalue weighted by Crippen LogP contribution is -2.35. The van der Waals surface area contributed by atoms with E-state index in [1.165, 1.54) is 6.20 Å². The number of ether oxygens (including phenoxy) is 2. The number of rotatable bonds is 8. The third-order valence-corrected chi connectivity index (χ3v) is 5.20. The van der Waals surface area contributed by atoms with E-state index >= 15 is 0 Å². The van der Waals surface area contributed by atoms with Crippen molar-refractivity contribution in [1.29, 1.82) is 0 Å². The van der Waals surface area contributed by atoms with Crippen molar-refractivity contribution in [2.24, 2.45) is 0 Å². The minimum absolute atomic E-state index is 0.0390. The SMILES string of the molecule is COCCOc1ccc(NC(=O)CCC(=O)N2CCSc3ccccc32)cn1. The smallest absolute Gasteiger partial charge is 0.227 e. The van der Waals surface area contributed by atoms with E-state index in [1.54, 1.807) is 35.9 Å². The van der Waals surface area contributed by atoms with Gasteiger partial charge >= 0.3 is 0 Å². The number of hydrogen-bond acceptors (Lipinski definition) is 6. The van der Waals surface area contributed by atoms with Crippen LogP contribution in [0.15, 0.2) is 47.5 Å². The van der Waals surface area contributed by atoms with Crippen molar-refractivity contribution in [1.82, 2.24) is 4.98 Å². The van der Waals surface area contributed by atoms with Crippen LogP contribution >= 0.6 is 11.8 Å². The van der Waals surface area contributed by atoms with Gasteiger partial charge in [-0.2, -0.15) is 0 Å². The van der Waals surface area contributed by atoms with E-state index < -0.39 is 0 Å². The topological polar surface area (TPSA) is 80.8 Å². The highest BCUT2D eigenvalue weighted by atomic mass is 32.2. The Balaban J connectivity index is 1.47. The molecule has 7 nitrogen and oxygen atoms in total. The Hall–Kier alpha value is -2.58. The van der Waals surface area contributed by atoms with Crippen molar-refractivity contribution in [2.45, 2.75) is 17.7 Å². The highest BCUT2D eigenvalue weighted by Gasteiger charge is 2.22. The Morgan fingerprint density at radius 1 is 1.18 bits per heavy atom. The Kier molecular flexibility index (Phi) is 7.27. The fraction of sp³-hybridized carbons (Fsp3) is 0.350. The van der Waals surface area contributed by atoms with Gasteiger partial charge in [-0.05, 0) is 18.2 Å². The van der Waals surface area contributed by atoms with Crippen molar-refractivity contribution in [3.8, 4) is 5.88 Å². The van der Waals surface area contributed by atoms with Gasteiger partial charge in [0.25, 0.3) is 0 Å². The summed E-state index contributed by atoms with van der Waals surface area (Å²) in [6.45, 7) is 1.56. The molecular weight excluding hydrogens is 378 g/mol. The molecule has 1 aliphatic rings. The molecule has 0 spiro atoms. The summed E-state index contributed by atoms with van der Waals surface area (Å²) >= 11 is 1.75. The summed E-state index contributed by atoms with van der Waals surface area (Å²) in [6.07, 6.45) is 1.81. The molecule has 8 heteroatoms. The van der Waals surface area contributed by atoms with Crippen molar-refractivity contribution >= 4 is 35.0 Å². The zero-order valence-electron chi connectivity index (χ0n) is 15.7. The number of benzene rings is 1. The first-order chi connectivity index (χ1) is 13.7. The number of carbonyl (C=O) groups excluding carboxylic acids is 2. The third kappa shape index (κ3) is 5.46. The lowest BCUT2D eigenvalue weighted by atomic mass is 10.2. The van der Waals surface area contributed by atoms with Crippen LogP contribution in [0.3, 0.4) is 0 Å². The van der Waals surface area contributed by atoms with Gasteiger partial charge in [-0.25, -0.2) is 4.98 Å². The molecule has 0 fully saturated rings. The maximum atomic E-state index is 12.6. The summed E-state index contributed by atoms with van der Waals surface area (Å²) in [5, 5.41) is 2.76. The molecule has 0 unspecified atom stereocenters. The number of para-hydroxylation sites is 1. The molecule has 148 valence electrons. The number of amides is 2. The molecule has 0 saturated carbocycles. The van der Waals surface area contributed by atoms with E-state index in [4.69, 9.17) is 9.47 Å². The van der Waals surface area contributed by atoms with Crippen LogP contribution in [0, 0.1) is 0 Å². The fourth-order valence-electron chi connectivity index (χ4n) is 2.78. The normalized spacial score (nSPS) is 13.0. The number of anilines is 2. The summed E-state index contributed by atoms with van der Waals surface area (Å²) in [6, 6.07) is 11.2. The first-order valence-corrected chi connectivity index (χ1v) is 10.1. The van der Waals surface area contributed by atoms with Crippen LogP contribution in [0.25, 0.3) is 0 Å². The summed E-state index contributed by atoms with van der Waals surface area (Å²) < 4.78 is 10.3. The summed E-state index contributed by atoms with van der Waals surface area (Å²) in [5.41, 5.74) is 1.49. The van der Waals surface area contributed by atoms with E-state index in [0.29, 0.717) is 31.3 Å². The molecule has 0 atom stereocenters. The number of carbonyl (C=O) groups is 2. The summed E-state index contributed by atoms with van der Waals surface area (Å²) in [4.78, 5) is 31.8. The van der Waals surface area contributed by atoms with E-state index in [-0.39, 0.29) is 24.7 Å². The average molecular weight is 401 g/mol. The van der Waals surface area contributed by atoms with Crippen LogP contribution in [0.5, 0.6) is 5.88 Å². The predicted molar refractivity (Wildman–Crippen MR) is 109 cm³/mol. The Morgan fingerprint density at radius 3 is 2.82 bits per heavy atom. The number of hydrogen-bond donors (Lipinski definition) is 1. The van der Waals surface area contributed by atoms with Crippen LogP contribution in [0.2, 0.25) is 0 Å². The monoisotopic (exact) mass is 401 g/mol. The van der Waals surface area contributed by atoms with Gasteiger partial charge in [0.2, 0.25) is 17.7 Å². The molecular formula is C20H23N3O4S. The van der Waals surface area contributed by atoms with Gasteiger partial charge in [-0.1, -0.05) is 12.1 Å². The van der Waals surface area contributed by atoms with Crippen molar-refractivity contribution in [3.63, 3.8) is 0 Å². The minimum Gasteiger partial charge on any atom is -0.475 e. The molecule has 0 radical (unpaired) electrons. The Bertz CT molecular complexity index is 813. The standard InChI is InChI=1S/C20H23N3O4S/c1-26-11-12-27-19-8-6-15(14-21-19)22-18(24)7-9-20(25)23-10-13-28-17-5-3-2-4-16(17)23/h2-6,8,14H,7,9-13H2,1H3,(H,22,24). The van der Waals surface area contributed by atoms with E-state index in [0.717, 1.165) is 16.3 Å². The number of thioether (sulfide) groups is 1. The molecule has 1 aliphatic heterocycles. The molecule has 0 aliphatic carbocycles. The van der Waals surface area contributed by atoms with E-state index in [2.05, 4.69) is 10.3 Å². The third-order valence-electron chi connectivity index (χ3n) is 4.15. The van der Waals surface area contributed by atoms with Crippen molar-refractivity contribution in [2.75, 3.05) is 42.8 Å². The van der Waals surface area contributed by atoms with Gasteiger partial charge < -0.3 is 19.7 Å². The number of nitrogens with one attached hydrogen (secondary N) is 1. The molecule has 2 amide bonds. The molecule has 1 aromatic carbocycles. The quantitative estimate of drug-likeness (QED) is 0.685. The van der Waals surface area contributed by atoms with Crippen LogP contribution < -0.4 is 15.0 Å². The second kappa shape index (κ2) is 10.1. The predicted octanol–water partition coefficient (Wildman–Crippen LogP) is 2.96. The minimum atomic E-state index is -0.220. The average Bonchev–Trinajstić information content (AvgIpc) is 2.73. The Morgan fingerprint density at radius 2 is 2.04 bits per heavy atom. The van der Waals surface area contributed by atoms with Gasteiger partial charge in [-0.3, -0.25) is 9.59 Å². The number of pyridine rings is 1. The molecule has 28 heavy (non-hydrogen) atoms. The van der Waals surface area contributed by atoms with Crippen LogP contribution in [0.4, 0.5) is 11.4 Å². The molecule has 2 heterocycles. The van der Waals surface area contributed by atoms with Gasteiger partial charge in [0.05, 0.1) is 24.2 Å². The first-order valence-electron chi connectivity index (χ1n) is 9.07. The highest BCUT2D eigenvalue weighted by Crippen LogP contribution is 2.34. The molecule has 3 rings (SSSR count). The Labute approximate surface area is 168 Å². The number of nitrogens with zero attached hydrogens (tertiary/aromatic N) is 2. The second-order valence-corrected chi connectivity index (χ2v) is 7.27. The summed E-state index contributed by atoms with van der Waals surface area (Å²) in [7, 11) is 1.60. The van der Waals surface area contributed by atoms with Crippen LogP contribution in [-0.4, -0.2) is 49.4 Å². The van der Waals surface area contributed by atoms with E-state index in [9.17, 15) is 9.59 Å². The van der Waals surface area contributed by atoms with Gasteiger partial charge in [0.15, 0.2) is 0 Å². The molecule has 1 aromatic heterocycles. The first kappa shape index (κ1) is 20.2. The van der Waals surface area contributed by atoms with Gasteiger partial charge in [0.1, 0.15) is 6.61 Å². The van der Waals surface area contributed by atoms with Crippen LogP contribution in [0.1, 0.15) is 12.8 Å². The largest absolute Gasteiger partial charge is 0.475 e. The second-order valence-electron chi connectivity index (χ2n) is 6.14. The highest BCUT2D eigenvalue weighted by molar-refractivity contribution is 7.99. The molecule has 2 aromatic rings. The molecule has 0 bridgehead atoms. The maximum absolute atomic E-state index is 12.6. The number of aromatic nitrogens is 1. The lowest BCUT2D eigenvalue weighted by molar-refractivity contribution is -0.122. The zero-order chi connectivity index (χ0) is 19.8. The maximum Gasteiger partial charge on any atom is 0.227 e. The molecule has 0 saturated heterocycles. The van der Waals surface area contributed by atoms with Crippen molar-refractivity contribution in [3.05, 3.63) is 42.6 Å². The summed E-state index contributed by atoms with van der Waals surface area (Å²) in [5.74, 6) is 1.07. The number of methoxy groups -OCH3 is 1. The number of fused-ring (bicyclic) bond motifs is 1. The van der Waals surface area contributed by atoms with Crippen LogP contribution in [-0.2, 0) is 14.3 Å². The fourth-order valence-corrected chi connectivity index (χ4v) is 3.77.